The summed E-state index contributed by atoms with van der Waals surface area (Å²) >= 11 is 0. The molecule has 1 heterocycles. The molecule has 0 saturated carbocycles. The van der Waals surface area contributed by atoms with Crippen LogP contribution in [0.25, 0.3) is 10.4 Å². The predicted octanol–water partition coefficient (Wildman–Crippen LogP) is 2.70. The Morgan fingerprint density at radius 3 is 2.50 bits per heavy atom. The number of hydrogen-bond acceptors (Lipinski definition) is 3. The molecule has 1 aliphatic rings. The number of hydrogen-bond donors (Lipinski definition) is 0. The van der Waals surface area contributed by atoms with Gasteiger partial charge in [0.25, 0.3) is 0 Å². The molecule has 6 nitrogen and oxygen atoms in total. The van der Waals surface area contributed by atoms with Crippen LogP contribution in [0.2, 0.25) is 0 Å². The van der Waals surface area contributed by atoms with Crippen LogP contribution >= 0.6 is 0 Å². The first-order valence-corrected chi connectivity index (χ1v) is 5.36. The highest BCUT2D eigenvalue weighted by Gasteiger charge is 2.44. The Morgan fingerprint density at radius 2 is 2.12 bits per heavy atom. The van der Waals surface area contributed by atoms with Crippen molar-refractivity contribution in [1.29, 1.82) is 0 Å². The normalized spacial score (nSPS) is 18.4. The molecule has 0 aromatic carbocycles. The Hall–Kier alpha value is -1.42. The Morgan fingerprint density at radius 1 is 1.56 bits per heavy atom. The molecule has 1 aliphatic heterocycles. The highest BCUT2D eigenvalue weighted by molar-refractivity contribution is 5.69. The number of rotatable bonds is 2. The molecule has 1 fully saturated rings. The number of likely N-dealkylation sites (tertiary alicyclic amines) is 1. The van der Waals surface area contributed by atoms with E-state index in [4.69, 9.17) is 10.3 Å². The van der Waals surface area contributed by atoms with Crippen molar-refractivity contribution >= 4 is 6.09 Å². The molecule has 1 rings (SSSR count). The van der Waals surface area contributed by atoms with Crippen LogP contribution in [0.15, 0.2) is 5.11 Å². The van der Waals surface area contributed by atoms with Gasteiger partial charge in [-0.05, 0) is 32.7 Å². The van der Waals surface area contributed by atoms with E-state index < -0.39 is 11.1 Å². The van der Waals surface area contributed by atoms with E-state index in [0.717, 1.165) is 6.42 Å². The smallest absolute Gasteiger partial charge is 0.410 e. The minimum absolute atomic E-state index is 0.343. The van der Waals surface area contributed by atoms with Crippen molar-refractivity contribution in [3.8, 4) is 0 Å². The van der Waals surface area contributed by atoms with E-state index in [1.165, 1.54) is 0 Å². The molecule has 0 spiro atoms. The van der Waals surface area contributed by atoms with Crippen molar-refractivity contribution < 1.29 is 9.53 Å². The van der Waals surface area contributed by atoms with E-state index in [0.29, 0.717) is 13.1 Å². The molecule has 1 amide bonds. The van der Waals surface area contributed by atoms with Crippen molar-refractivity contribution in [2.24, 2.45) is 5.11 Å². The number of carbonyl (C=O) groups excluding carboxylic acids is 1. The van der Waals surface area contributed by atoms with Gasteiger partial charge in [0.1, 0.15) is 5.60 Å². The summed E-state index contributed by atoms with van der Waals surface area (Å²) in [5.74, 6) is 0. The number of ether oxygens (including phenoxy) is 1. The van der Waals surface area contributed by atoms with Gasteiger partial charge in [-0.25, -0.2) is 4.79 Å². The van der Waals surface area contributed by atoms with Crippen LogP contribution in [0, 0.1) is 0 Å². The van der Waals surface area contributed by atoms with E-state index in [2.05, 4.69) is 10.0 Å². The number of amides is 1. The zero-order valence-electron chi connectivity index (χ0n) is 10.2. The van der Waals surface area contributed by atoms with Crippen molar-refractivity contribution in [2.75, 3.05) is 13.1 Å². The molecule has 1 saturated heterocycles. The van der Waals surface area contributed by atoms with E-state index >= 15 is 0 Å². The van der Waals surface area contributed by atoms with Crippen molar-refractivity contribution in [2.45, 2.75) is 45.3 Å². The largest absolute Gasteiger partial charge is 0.444 e. The summed E-state index contributed by atoms with van der Waals surface area (Å²) in [4.78, 5) is 16.0. The summed E-state index contributed by atoms with van der Waals surface area (Å²) in [5, 5.41) is 3.74. The fourth-order valence-corrected chi connectivity index (χ4v) is 1.57. The first-order valence-electron chi connectivity index (χ1n) is 5.36. The van der Waals surface area contributed by atoms with Gasteiger partial charge in [0.15, 0.2) is 0 Å². The zero-order valence-corrected chi connectivity index (χ0v) is 10.2. The van der Waals surface area contributed by atoms with Crippen LogP contribution in [0.1, 0.15) is 34.1 Å². The second-order valence-corrected chi connectivity index (χ2v) is 5.10. The van der Waals surface area contributed by atoms with Gasteiger partial charge in [-0.1, -0.05) is 12.0 Å². The molecular weight excluding hydrogens is 208 g/mol. The van der Waals surface area contributed by atoms with Crippen LogP contribution in [0.5, 0.6) is 0 Å². The topological polar surface area (TPSA) is 78.3 Å². The quantitative estimate of drug-likeness (QED) is 0.412. The van der Waals surface area contributed by atoms with Crippen molar-refractivity contribution in [1.82, 2.24) is 4.90 Å². The van der Waals surface area contributed by atoms with Gasteiger partial charge in [0.2, 0.25) is 0 Å². The number of carbonyl (C=O) groups is 1. The Kier molecular flexibility index (Phi) is 3.33. The maximum Gasteiger partial charge on any atom is 0.410 e. The Bertz CT molecular complexity index is 322. The molecule has 0 aromatic rings. The molecule has 0 aromatic heterocycles. The number of nitrogens with zero attached hydrogens (tertiary/aromatic N) is 4. The minimum Gasteiger partial charge on any atom is -0.444 e. The third-order valence-electron chi connectivity index (χ3n) is 2.54. The van der Waals surface area contributed by atoms with E-state index in [9.17, 15) is 4.79 Å². The van der Waals surface area contributed by atoms with Gasteiger partial charge in [0, 0.05) is 18.0 Å². The molecular formula is C10H18N4O2. The molecule has 0 atom stereocenters. The maximum atomic E-state index is 11.6. The van der Waals surface area contributed by atoms with Crippen LogP contribution in [0.3, 0.4) is 0 Å². The lowest BCUT2D eigenvalue weighted by atomic mass is 9.88. The van der Waals surface area contributed by atoms with Crippen LogP contribution in [-0.2, 0) is 4.74 Å². The van der Waals surface area contributed by atoms with Crippen LogP contribution < -0.4 is 0 Å². The third-order valence-corrected chi connectivity index (χ3v) is 2.54. The second kappa shape index (κ2) is 4.22. The van der Waals surface area contributed by atoms with Gasteiger partial charge in [-0.3, -0.25) is 0 Å². The Balaban J connectivity index is 2.52. The summed E-state index contributed by atoms with van der Waals surface area (Å²) < 4.78 is 5.21. The zero-order chi connectivity index (χ0) is 12.4. The highest BCUT2D eigenvalue weighted by atomic mass is 16.6. The third kappa shape index (κ3) is 2.79. The lowest BCUT2D eigenvalue weighted by Gasteiger charge is -2.46. The molecule has 90 valence electrons. The lowest BCUT2D eigenvalue weighted by molar-refractivity contribution is -0.00845. The van der Waals surface area contributed by atoms with Crippen molar-refractivity contribution in [3.05, 3.63) is 10.4 Å². The molecule has 0 aliphatic carbocycles. The van der Waals surface area contributed by atoms with Gasteiger partial charge >= 0.3 is 6.09 Å². The summed E-state index contributed by atoms with van der Waals surface area (Å²) in [6.07, 6.45) is 0.390. The summed E-state index contributed by atoms with van der Waals surface area (Å²) in [6, 6.07) is 0. The van der Waals surface area contributed by atoms with E-state index in [1.54, 1.807) is 4.90 Å². The second-order valence-electron chi connectivity index (χ2n) is 5.10. The first kappa shape index (κ1) is 12.6. The molecule has 0 radical (unpaired) electrons. The average molecular weight is 226 g/mol. The van der Waals surface area contributed by atoms with Crippen LogP contribution in [0.4, 0.5) is 4.79 Å². The van der Waals surface area contributed by atoms with Crippen LogP contribution in [-0.4, -0.2) is 35.2 Å². The highest BCUT2D eigenvalue weighted by Crippen LogP contribution is 2.30. The monoisotopic (exact) mass is 226 g/mol. The van der Waals surface area contributed by atoms with Gasteiger partial charge in [0.05, 0.1) is 5.54 Å². The summed E-state index contributed by atoms with van der Waals surface area (Å²) in [5.41, 5.74) is 7.52. The van der Waals surface area contributed by atoms with Gasteiger partial charge in [-0.15, -0.1) is 0 Å². The Labute approximate surface area is 95.2 Å². The van der Waals surface area contributed by atoms with Gasteiger partial charge < -0.3 is 9.64 Å². The van der Waals surface area contributed by atoms with E-state index in [-0.39, 0.29) is 6.09 Å². The predicted molar refractivity (Wildman–Crippen MR) is 60.0 cm³/mol. The molecule has 0 N–H and O–H groups in total. The van der Waals surface area contributed by atoms with Crippen molar-refractivity contribution in [3.63, 3.8) is 0 Å². The molecule has 6 heteroatoms. The van der Waals surface area contributed by atoms with Gasteiger partial charge in [-0.2, -0.15) is 0 Å². The minimum atomic E-state index is -0.486. The summed E-state index contributed by atoms with van der Waals surface area (Å²) in [6.45, 7) is 8.31. The molecule has 0 unspecified atom stereocenters. The average Bonchev–Trinajstić information content (AvgIpc) is 2.07. The van der Waals surface area contributed by atoms with E-state index in [1.807, 2.05) is 27.7 Å². The first-order chi connectivity index (χ1) is 7.32. The lowest BCUT2D eigenvalue weighted by Crippen LogP contribution is -2.62. The standard InChI is InChI=1S/C10H18N4O2/c1-5-10(12-13-11)6-14(7-10)8(15)16-9(2,3)4/h5-7H2,1-4H3. The number of azide groups is 1. The maximum absolute atomic E-state index is 11.6. The summed E-state index contributed by atoms with van der Waals surface area (Å²) in [7, 11) is 0. The fourth-order valence-electron chi connectivity index (χ4n) is 1.57. The molecule has 0 bridgehead atoms. The SMILES string of the molecule is CCC1(N=[N+]=[N-])CN(C(=O)OC(C)(C)C)C1. The molecule has 16 heavy (non-hydrogen) atoms. The fraction of sp³-hybridized carbons (Fsp3) is 0.900.